The normalized spacial score (nSPS) is 29.4. The minimum absolute atomic E-state index is 0.230. The van der Waals surface area contributed by atoms with Gasteiger partial charge >= 0.3 is 0 Å². The topological polar surface area (TPSA) is 58.4 Å². The van der Waals surface area contributed by atoms with Crippen molar-refractivity contribution in [1.29, 1.82) is 0 Å². The van der Waals surface area contributed by atoms with Gasteiger partial charge in [0.2, 0.25) is 5.91 Å². The van der Waals surface area contributed by atoms with E-state index in [2.05, 4.69) is 12.2 Å². The summed E-state index contributed by atoms with van der Waals surface area (Å²) in [6.07, 6.45) is 4.83. The van der Waals surface area contributed by atoms with Gasteiger partial charge < -0.3 is 16.0 Å². The lowest BCUT2D eigenvalue weighted by Gasteiger charge is -2.38. The highest BCUT2D eigenvalue weighted by molar-refractivity contribution is 5.78. The minimum atomic E-state index is 0.230. The molecular formula is C13H25N3O. The number of carbonyl (C=O) groups excluding carboxylic acids is 1. The summed E-state index contributed by atoms with van der Waals surface area (Å²) in [7, 11) is 0. The lowest BCUT2D eigenvalue weighted by atomic mass is 9.92. The van der Waals surface area contributed by atoms with Crippen LogP contribution in [-0.4, -0.2) is 43.0 Å². The van der Waals surface area contributed by atoms with E-state index in [0.717, 1.165) is 31.8 Å². The molecule has 2 unspecified atom stereocenters. The first kappa shape index (κ1) is 12.8. The maximum Gasteiger partial charge on any atom is 0.236 e. The zero-order valence-corrected chi connectivity index (χ0v) is 10.8. The lowest BCUT2D eigenvalue weighted by molar-refractivity contribution is -0.134. The molecule has 2 atom stereocenters. The Balaban J connectivity index is 1.75. The fraction of sp³-hybridized carbons (Fsp3) is 0.923. The molecule has 0 aromatic carbocycles. The van der Waals surface area contributed by atoms with Crippen LogP contribution in [0.5, 0.6) is 0 Å². The Hall–Kier alpha value is -0.610. The fourth-order valence-corrected chi connectivity index (χ4v) is 2.61. The van der Waals surface area contributed by atoms with Crippen molar-refractivity contribution in [3.63, 3.8) is 0 Å². The van der Waals surface area contributed by atoms with Gasteiger partial charge in [0.05, 0.1) is 6.54 Å². The van der Waals surface area contributed by atoms with Crippen molar-refractivity contribution in [2.75, 3.05) is 26.2 Å². The predicted molar refractivity (Wildman–Crippen MR) is 68.5 cm³/mol. The summed E-state index contributed by atoms with van der Waals surface area (Å²) in [5.74, 6) is 1.76. The van der Waals surface area contributed by atoms with E-state index < -0.39 is 0 Å². The number of hydrogen-bond acceptors (Lipinski definition) is 3. The highest BCUT2D eigenvalue weighted by Gasteiger charge is 2.29. The first-order chi connectivity index (χ1) is 8.20. The number of nitrogens with zero attached hydrogens (tertiary/aromatic N) is 1. The third-order valence-corrected chi connectivity index (χ3v) is 3.98. The third-order valence-electron chi connectivity index (χ3n) is 3.98. The van der Waals surface area contributed by atoms with Crippen LogP contribution < -0.4 is 11.1 Å². The second kappa shape index (κ2) is 5.83. The molecule has 2 fully saturated rings. The average Bonchev–Trinajstić information content (AvgIpc) is 3.12. The highest BCUT2D eigenvalue weighted by Crippen LogP contribution is 2.27. The molecule has 4 heteroatoms. The van der Waals surface area contributed by atoms with Crippen LogP contribution in [0.15, 0.2) is 0 Å². The Bertz CT molecular complexity index is 265. The number of nitrogens with two attached hydrogens (primary N) is 1. The molecule has 1 heterocycles. The maximum atomic E-state index is 12.1. The van der Waals surface area contributed by atoms with Crippen molar-refractivity contribution < 1.29 is 4.79 Å². The molecule has 17 heavy (non-hydrogen) atoms. The average molecular weight is 239 g/mol. The highest BCUT2D eigenvalue weighted by atomic mass is 16.2. The molecular weight excluding hydrogens is 214 g/mol. The predicted octanol–water partition coefficient (Wildman–Crippen LogP) is 0.572. The third kappa shape index (κ3) is 3.68. The summed E-state index contributed by atoms with van der Waals surface area (Å²) in [6.45, 7) is 5.21. The van der Waals surface area contributed by atoms with Crippen LogP contribution in [0.25, 0.3) is 0 Å². The molecule has 0 bridgehead atoms. The van der Waals surface area contributed by atoms with Gasteiger partial charge in [-0.2, -0.15) is 0 Å². The van der Waals surface area contributed by atoms with Gasteiger partial charge in [-0.15, -0.1) is 0 Å². The number of rotatable bonds is 5. The van der Waals surface area contributed by atoms with E-state index in [0.29, 0.717) is 19.0 Å². The van der Waals surface area contributed by atoms with Gasteiger partial charge in [-0.1, -0.05) is 6.92 Å². The smallest absolute Gasteiger partial charge is 0.236 e. The summed E-state index contributed by atoms with van der Waals surface area (Å²) >= 11 is 0. The van der Waals surface area contributed by atoms with Gasteiger partial charge in [-0.3, -0.25) is 4.79 Å². The van der Waals surface area contributed by atoms with Gasteiger partial charge in [0.1, 0.15) is 0 Å². The van der Waals surface area contributed by atoms with Crippen LogP contribution >= 0.6 is 0 Å². The first-order valence-electron chi connectivity index (χ1n) is 6.91. The number of amides is 1. The summed E-state index contributed by atoms with van der Waals surface area (Å²) in [5, 5.41) is 3.27. The molecule has 0 aromatic heterocycles. The molecule has 2 aliphatic rings. The molecule has 0 spiro atoms. The zero-order chi connectivity index (χ0) is 12.3. The van der Waals surface area contributed by atoms with E-state index in [9.17, 15) is 4.79 Å². The summed E-state index contributed by atoms with van der Waals surface area (Å²) < 4.78 is 0. The SMILES string of the molecule is CC1CCN(C(=O)CNCC2CC2)C(CN)C1. The largest absolute Gasteiger partial charge is 0.337 e. The first-order valence-corrected chi connectivity index (χ1v) is 6.91. The molecule has 1 saturated heterocycles. The molecule has 4 nitrogen and oxygen atoms in total. The Morgan fingerprint density at radius 1 is 1.41 bits per heavy atom. The molecule has 1 amide bonds. The van der Waals surface area contributed by atoms with Crippen LogP contribution in [0.1, 0.15) is 32.6 Å². The minimum Gasteiger partial charge on any atom is -0.337 e. The Labute approximate surface area is 104 Å². The van der Waals surface area contributed by atoms with Crippen LogP contribution in [0.2, 0.25) is 0 Å². The number of carbonyl (C=O) groups is 1. The van der Waals surface area contributed by atoms with Crippen LogP contribution in [0, 0.1) is 11.8 Å². The van der Waals surface area contributed by atoms with E-state index in [1.807, 2.05) is 4.90 Å². The van der Waals surface area contributed by atoms with Crippen molar-refractivity contribution >= 4 is 5.91 Å². The quantitative estimate of drug-likeness (QED) is 0.737. The van der Waals surface area contributed by atoms with Crippen molar-refractivity contribution in [1.82, 2.24) is 10.2 Å². The second-order valence-electron chi connectivity index (χ2n) is 5.68. The molecule has 1 aliphatic heterocycles. The standard InChI is InChI=1S/C13H25N3O/c1-10-4-5-16(12(6-10)7-14)13(17)9-15-8-11-2-3-11/h10-12,15H,2-9,14H2,1H3. The molecule has 1 aliphatic carbocycles. The molecule has 2 rings (SSSR count). The van der Waals surface area contributed by atoms with Crippen molar-refractivity contribution in [2.45, 2.75) is 38.6 Å². The zero-order valence-electron chi connectivity index (χ0n) is 10.8. The van der Waals surface area contributed by atoms with Crippen molar-refractivity contribution in [2.24, 2.45) is 17.6 Å². The Kier molecular flexibility index (Phi) is 4.40. The second-order valence-corrected chi connectivity index (χ2v) is 5.68. The monoisotopic (exact) mass is 239 g/mol. The summed E-state index contributed by atoms with van der Waals surface area (Å²) in [6, 6.07) is 0.258. The molecule has 1 saturated carbocycles. The van der Waals surface area contributed by atoms with Gasteiger partial charge in [0.15, 0.2) is 0 Å². The Morgan fingerprint density at radius 2 is 2.18 bits per heavy atom. The van der Waals surface area contributed by atoms with Gasteiger partial charge in [-0.25, -0.2) is 0 Å². The van der Waals surface area contributed by atoms with Gasteiger partial charge in [0.25, 0.3) is 0 Å². The molecule has 3 N–H and O–H groups in total. The van der Waals surface area contributed by atoms with Crippen LogP contribution in [0.3, 0.4) is 0 Å². The lowest BCUT2D eigenvalue weighted by Crippen LogP contribution is -2.51. The van der Waals surface area contributed by atoms with Crippen LogP contribution in [0.4, 0.5) is 0 Å². The maximum absolute atomic E-state index is 12.1. The molecule has 98 valence electrons. The van der Waals surface area contributed by atoms with E-state index in [4.69, 9.17) is 5.73 Å². The van der Waals surface area contributed by atoms with Crippen molar-refractivity contribution in [3.8, 4) is 0 Å². The fourth-order valence-electron chi connectivity index (χ4n) is 2.61. The summed E-state index contributed by atoms with van der Waals surface area (Å²) in [4.78, 5) is 14.1. The van der Waals surface area contributed by atoms with E-state index in [1.54, 1.807) is 0 Å². The van der Waals surface area contributed by atoms with Gasteiger partial charge in [0, 0.05) is 19.1 Å². The van der Waals surface area contributed by atoms with E-state index in [-0.39, 0.29) is 11.9 Å². The van der Waals surface area contributed by atoms with Crippen LogP contribution in [-0.2, 0) is 4.79 Å². The van der Waals surface area contributed by atoms with E-state index in [1.165, 1.54) is 12.8 Å². The number of hydrogen-bond donors (Lipinski definition) is 2. The summed E-state index contributed by atoms with van der Waals surface area (Å²) in [5.41, 5.74) is 5.77. The molecule has 0 aromatic rings. The van der Waals surface area contributed by atoms with Gasteiger partial charge in [-0.05, 0) is 44.1 Å². The molecule has 0 radical (unpaired) electrons. The van der Waals surface area contributed by atoms with Crippen molar-refractivity contribution in [3.05, 3.63) is 0 Å². The number of nitrogens with one attached hydrogen (secondary N) is 1. The number of piperidine rings is 1. The van der Waals surface area contributed by atoms with E-state index >= 15 is 0 Å². The Morgan fingerprint density at radius 3 is 2.82 bits per heavy atom. The number of likely N-dealkylation sites (tertiary alicyclic amines) is 1.